The Hall–Kier alpha value is -2.30. The van der Waals surface area contributed by atoms with Gasteiger partial charge in [0.05, 0.1) is 36.8 Å². The number of anilines is 1. The van der Waals surface area contributed by atoms with E-state index in [0.717, 1.165) is 35.3 Å². The number of rotatable bonds is 9. The van der Waals surface area contributed by atoms with Crippen LogP contribution in [0.3, 0.4) is 0 Å². The zero-order chi connectivity index (χ0) is 23.4. The molecule has 0 saturated carbocycles. The van der Waals surface area contributed by atoms with Crippen LogP contribution in [0.25, 0.3) is 0 Å². The fraction of sp³-hybridized carbons (Fsp3) is 0.478. The number of carbonyl (C=O) groups is 1. The van der Waals surface area contributed by atoms with E-state index in [2.05, 4.69) is 34.4 Å². The van der Waals surface area contributed by atoms with Crippen LogP contribution in [0.15, 0.2) is 52.1 Å². The molecule has 178 valence electrons. The van der Waals surface area contributed by atoms with E-state index in [1.165, 1.54) is 11.8 Å². The largest absolute Gasteiger partial charge is 0.468 e. The van der Waals surface area contributed by atoms with Crippen molar-refractivity contribution in [1.29, 1.82) is 0 Å². The molecule has 1 aromatic heterocycles. The number of benzene rings is 1. The van der Waals surface area contributed by atoms with Crippen molar-refractivity contribution >= 4 is 38.4 Å². The van der Waals surface area contributed by atoms with E-state index in [1.807, 2.05) is 36.4 Å². The Morgan fingerprint density at radius 3 is 2.70 bits per heavy atom. The lowest BCUT2D eigenvalue weighted by Gasteiger charge is -2.25. The van der Waals surface area contributed by atoms with Crippen LogP contribution in [0.1, 0.15) is 25.2 Å². The number of hydrogen-bond acceptors (Lipinski definition) is 8. The van der Waals surface area contributed by atoms with Gasteiger partial charge in [-0.3, -0.25) is 14.7 Å². The molecule has 3 heterocycles. The fourth-order valence-electron chi connectivity index (χ4n) is 3.95. The Morgan fingerprint density at radius 2 is 2.03 bits per heavy atom. The minimum Gasteiger partial charge on any atom is -0.468 e. The van der Waals surface area contributed by atoms with Gasteiger partial charge in [-0.25, -0.2) is 8.42 Å². The first-order chi connectivity index (χ1) is 15.8. The van der Waals surface area contributed by atoms with Crippen LogP contribution >= 0.6 is 11.8 Å². The first-order valence-corrected chi connectivity index (χ1v) is 13.8. The number of amidine groups is 1. The molecular weight excluding hydrogens is 460 g/mol. The third kappa shape index (κ3) is 6.61. The monoisotopic (exact) mass is 490 g/mol. The minimum atomic E-state index is -2.95. The summed E-state index contributed by atoms with van der Waals surface area (Å²) >= 11 is 1.49. The van der Waals surface area contributed by atoms with E-state index >= 15 is 0 Å². The lowest BCUT2D eigenvalue weighted by atomic mass is 10.1. The number of hydrogen-bond donors (Lipinski definition) is 2. The Morgan fingerprint density at radius 1 is 1.24 bits per heavy atom. The van der Waals surface area contributed by atoms with Gasteiger partial charge in [-0.15, -0.1) is 0 Å². The van der Waals surface area contributed by atoms with Crippen molar-refractivity contribution in [2.24, 2.45) is 4.99 Å². The summed E-state index contributed by atoms with van der Waals surface area (Å²) in [6.45, 7) is 6.30. The van der Waals surface area contributed by atoms with Gasteiger partial charge in [0.1, 0.15) is 5.76 Å². The number of sulfone groups is 1. The molecule has 2 aromatic rings. The molecule has 2 atom stereocenters. The van der Waals surface area contributed by atoms with E-state index in [1.54, 1.807) is 6.26 Å². The molecule has 1 aromatic carbocycles. The molecular formula is C23H30N4O4S2. The minimum absolute atomic E-state index is 0.0119. The summed E-state index contributed by atoms with van der Waals surface area (Å²) in [6.07, 6.45) is 1.99. The molecule has 1 fully saturated rings. The summed E-state index contributed by atoms with van der Waals surface area (Å²) in [5.41, 5.74) is 1.80. The second kappa shape index (κ2) is 10.3. The second-order valence-corrected chi connectivity index (χ2v) is 12.1. The molecule has 8 nitrogen and oxygen atoms in total. The summed E-state index contributed by atoms with van der Waals surface area (Å²) in [6, 6.07) is 11.7. The van der Waals surface area contributed by atoms with Gasteiger partial charge in [-0.2, -0.15) is 0 Å². The van der Waals surface area contributed by atoms with Crippen molar-refractivity contribution in [2.75, 3.05) is 29.9 Å². The molecule has 2 N–H and O–H groups in total. The first kappa shape index (κ1) is 23.8. The maximum Gasteiger partial charge on any atom is 0.224 e. The smallest absolute Gasteiger partial charge is 0.224 e. The van der Waals surface area contributed by atoms with Crippen molar-refractivity contribution in [3.8, 4) is 0 Å². The molecule has 0 aliphatic carbocycles. The van der Waals surface area contributed by atoms with E-state index in [4.69, 9.17) is 4.42 Å². The zero-order valence-corrected chi connectivity index (χ0v) is 20.5. The van der Waals surface area contributed by atoms with E-state index in [-0.39, 0.29) is 28.7 Å². The van der Waals surface area contributed by atoms with Gasteiger partial charge in [0.25, 0.3) is 0 Å². The molecule has 0 spiro atoms. The van der Waals surface area contributed by atoms with Gasteiger partial charge >= 0.3 is 0 Å². The molecule has 1 amide bonds. The Labute approximate surface area is 199 Å². The maximum absolute atomic E-state index is 12.4. The van der Waals surface area contributed by atoms with Gasteiger partial charge in [0.15, 0.2) is 15.0 Å². The summed E-state index contributed by atoms with van der Waals surface area (Å²) in [4.78, 5) is 19.1. The number of aliphatic imine (C=N–C) groups is 1. The maximum atomic E-state index is 12.4. The Bertz CT molecular complexity index is 1080. The van der Waals surface area contributed by atoms with Gasteiger partial charge in [0.2, 0.25) is 5.91 Å². The molecule has 2 aliphatic heterocycles. The van der Waals surface area contributed by atoms with Crippen molar-refractivity contribution in [1.82, 2.24) is 10.2 Å². The number of furan rings is 1. The van der Waals surface area contributed by atoms with Crippen LogP contribution in [-0.2, 0) is 27.6 Å². The highest BCUT2D eigenvalue weighted by Crippen LogP contribution is 2.34. The highest BCUT2D eigenvalue weighted by molar-refractivity contribution is 8.15. The van der Waals surface area contributed by atoms with E-state index in [9.17, 15) is 13.2 Å². The van der Waals surface area contributed by atoms with Crippen molar-refractivity contribution in [3.63, 3.8) is 0 Å². The molecule has 0 radical (unpaired) electrons. The Kier molecular flexibility index (Phi) is 7.45. The van der Waals surface area contributed by atoms with Crippen LogP contribution in [0.5, 0.6) is 0 Å². The second-order valence-electron chi connectivity index (χ2n) is 8.73. The number of fused-ring (bicyclic) bond motifs is 1. The quantitative estimate of drug-likeness (QED) is 0.557. The normalized spacial score (nSPS) is 21.3. The Balaban J connectivity index is 1.21. The molecule has 2 aliphatic rings. The molecule has 1 saturated heterocycles. The van der Waals surface area contributed by atoms with Gasteiger partial charge in [-0.05, 0) is 43.7 Å². The lowest BCUT2D eigenvalue weighted by Crippen LogP contribution is -2.38. The SMILES string of the molecule is CC(C)N(CCNC(=O)Cc1ccc(NC2=N[C@H]3CS(=O)(=O)C[C@H]3S2)cc1)Cc1ccco1. The molecule has 0 unspecified atom stereocenters. The van der Waals surface area contributed by atoms with Gasteiger partial charge in [0, 0.05) is 30.1 Å². The molecule has 0 bridgehead atoms. The fourth-order valence-corrected chi connectivity index (χ4v) is 7.63. The number of nitrogens with zero attached hydrogens (tertiary/aromatic N) is 2. The van der Waals surface area contributed by atoms with Crippen molar-refractivity contribution in [2.45, 2.75) is 44.1 Å². The number of amides is 1. The summed E-state index contributed by atoms with van der Waals surface area (Å²) in [7, 11) is -2.95. The third-order valence-electron chi connectivity index (χ3n) is 5.78. The summed E-state index contributed by atoms with van der Waals surface area (Å²) in [5.74, 6) is 1.24. The highest BCUT2D eigenvalue weighted by Gasteiger charge is 2.42. The zero-order valence-electron chi connectivity index (χ0n) is 18.9. The van der Waals surface area contributed by atoms with Gasteiger partial charge < -0.3 is 15.1 Å². The van der Waals surface area contributed by atoms with Crippen LogP contribution in [0, 0.1) is 0 Å². The average molecular weight is 491 g/mol. The number of thioether (sulfide) groups is 1. The van der Waals surface area contributed by atoms with Crippen LogP contribution in [-0.4, -0.2) is 66.3 Å². The van der Waals surface area contributed by atoms with E-state index < -0.39 is 9.84 Å². The predicted octanol–water partition coefficient (Wildman–Crippen LogP) is 2.53. The molecule has 4 rings (SSSR count). The number of nitrogens with one attached hydrogen (secondary N) is 2. The summed E-state index contributed by atoms with van der Waals surface area (Å²) < 4.78 is 28.8. The van der Waals surface area contributed by atoms with Crippen molar-refractivity contribution in [3.05, 3.63) is 54.0 Å². The molecule has 10 heteroatoms. The van der Waals surface area contributed by atoms with Gasteiger partial charge in [-0.1, -0.05) is 23.9 Å². The van der Waals surface area contributed by atoms with Crippen LogP contribution < -0.4 is 10.6 Å². The average Bonchev–Trinajstić information content (AvgIpc) is 3.44. The van der Waals surface area contributed by atoms with Crippen molar-refractivity contribution < 1.29 is 17.6 Å². The topological polar surface area (TPSA) is 104 Å². The van der Waals surface area contributed by atoms with Crippen LogP contribution in [0.4, 0.5) is 5.69 Å². The standard InChI is InChI=1S/C23H30N4O4S2/c1-16(2)27(13-19-4-3-11-31-19)10-9-24-22(28)12-17-5-7-18(8-6-17)25-23-26-20-14-33(29,30)15-21(20)32-23/h3-8,11,16,20-21H,9-10,12-15H2,1-2H3,(H,24,28)(H,25,26)/t20-,21+/m0/s1. The third-order valence-corrected chi connectivity index (χ3v) is 8.92. The number of carbonyl (C=O) groups excluding carboxylic acids is 1. The van der Waals surface area contributed by atoms with E-state index in [0.29, 0.717) is 19.0 Å². The summed E-state index contributed by atoms with van der Waals surface area (Å²) in [5, 5.41) is 7.04. The first-order valence-electron chi connectivity index (χ1n) is 11.1. The van der Waals surface area contributed by atoms with Crippen LogP contribution in [0.2, 0.25) is 0 Å². The predicted molar refractivity (Wildman–Crippen MR) is 132 cm³/mol. The lowest BCUT2D eigenvalue weighted by molar-refractivity contribution is -0.120. The highest BCUT2D eigenvalue weighted by atomic mass is 32.2. The molecule has 33 heavy (non-hydrogen) atoms.